The number of nitrogens with one attached hydrogen (secondary N) is 2. The molecule has 2 aromatic carbocycles. The first-order valence-corrected chi connectivity index (χ1v) is 8.41. The van der Waals surface area contributed by atoms with Crippen LogP contribution in [0.5, 0.6) is 0 Å². The van der Waals surface area contributed by atoms with E-state index in [1.165, 1.54) is 24.3 Å². The highest BCUT2D eigenvalue weighted by Gasteiger charge is 2.33. The lowest BCUT2D eigenvalue weighted by atomic mass is 9.98. The summed E-state index contributed by atoms with van der Waals surface area (Å²) in [4.78, 5) is 45.0. The van der Waals surface area contributed by atoms with E-state index in [4.69, 9.17) is 0 Å². The fraction of sp³-hybridized carbons (Fsp3) is 0.222. The van der Waals surface area contributed by atoms with Crippen molar-refractivity contribution >= 4 is 23.2 Å². The van der Waals surface area contributed by atoms with Crippen LogP contribution < -0.4 is 10.6 Å². The Balaban J connectivity index is 1.61. The molecule has 144 valence electrons. The molecule has 0 aliphatic carbocycles. The highest BCUT2D eigenvalue weighted by Crippen LogP contribution is 2.16. The van der Waals surface area contributed by atoms with Gasteiger partial charge in [-0.05, 0) is 11.1 Å². The second-order valence-corrected chi connectivity index (χ2v) is 6.38. The summed E-state index contributed by atoms with van der Waals surface area (Å²) in [6, 6.07) is 9.99. The Bertz CT molecular complexity index is 849. The van der Waals surface area contributed by atoms with E-state index in [1.54, 1.807) is 24.3 Å². The van der Waals surface area contributed by atoms with Gasteiger partial charge in [0.15, 0.2) is 0 Å². The normalized spacial score (nSPS) is 18.9. The lowest BCUT2D eigenvalue weighted by molar-refractivity contribution is -0.385. The molecule has 2 aromatic rings. The Labute approximate surface area is 158 Å². The summed E-state index contributed by atoms with van der Waals surface area (Å²) in [7, 11) is 0. The smallest absolute Gasteiger partial charge is 0.269 e. The fourth-order valence-electron chi connectivity index (χ4n) is 2.94. The third kappa shape index (κ3) is 4.29. The van der Waals surface area contributed by atoms with Gasteiger partial charge in [-0.15, -0.1) is 0 Å². The number of hydrogen-bond donors (Lipinski definition) is 2. The van der Waals surface area contributed by atoms with Gasteiger partial charge in [0, 0.05) is 37.1 Å². The van der Waals surface area contributed by atoms with Crippen LogP contribution in [0, 0.1) is 20.2 Å². The van der Waals surface area contributed by atoms with Crippen molar-refractivity contribution in [2.24, 2.45) is 0 Å². The van der Waals surface area contributed by atoms with Gasteiger partial charge in [-0.2, -0.15) is 0 Å². The fourth-order valence-corrected chi connectivity index (χ4v) is 2.94. The van der Waals surface area contributed by atoms with E-state index in [0.29, 0.717) is 11.1 Å². The Morgan fingerprint density at radius 2 is 1.00 bits per heavy atom. The van der Waals surface area contributed by atoms with Crippen LogP contribution >= 0.6 is 0 Å². The number of nitro groups is 2. The van der Waals surface area contributed by atoms with Gasteiger partial charge in [0.2, 0.25) is 11.8 Å². The van der Waals surface area contributed by atoms with Crippen molar-refractivity contribution in [3.05, 3.63) is 79.9 Å². The first-order valence-electron chi connectivity index (χ1n) is 8.41. The molecule has 10 nitrogen and oxygen atoms in total. The second-order valence-electron chi connectivity index (χ2n) is 6.38. The topological polar surface area (TPSA) is 144 Å². The van der Waals surface area contributed by atoms with Gasteiger partial charge < -0.3 is 10.6 Å². The summed E-state index contributed by atoms with van der Waals surface area (Å²) >= 11 is 0. The van der Waals surface area contributed by atoms with Crippen molar-refractivity contribution in [2.45, 2.75) is 24.9 Å². The van der Waals surface area contributed by atoms with Crippen molar-refractivity contribution in [2.75, 3.05) is 0 Å². The molecule has 0 radical (unpaired) electrons. The summed E-state index contributed by atoms with van der Waals surface area (Å²) in [5, 5.41) is 26.7. The molecule has 1 saturated heterocycles. The van der Waals surface area contributed by atoms with Gasteiger partial charge in [-0.3, -0.25) is 29.8 Å². The highest BCUT2D eigenvalue weighted by molar-refractivity contribution is 5.97. The van der Waals surface area contributed by atoms with E-state index in [1.807, 2.05) is 0 Å². The minimum absolute atomic E-state index is 0.0518. The van der Waals surface area contributed by atoms with Gasteiger partial charge in [0.25, 0.3) is 11.4 Å². The molecule has 0 saturated carbocycles. The minimum atomic E-state index is -0.776. The lowest BCUT2D eigenvalue weighted by Gasteiger charge is -2.29. The van der Waals surface area contributed by atoms with Gasteiger partial charge >= 0.3 is 0 Å². The molecule has 0 bridgehead atoms. The summed E-state index contributed by atoms with van der Waals surface area (Å²) in [6.07, 6.45) is 0.416. The Kier molecular flexibility index (Phi) is 5.30. The zero-order valence-corrected chi connectivity index (χ0v) is 14.5. The zero-order chi connectivity index (χ0) is 20.3. The van der Waals surface area contributed by atoms with Gasteiger partial charge in [-0.1, -0.05) is 24.3 Å². The Hall–Kier alpha value is -3.82. The standard InChI is InChI=1S/C18H16N4O6/c23-17-15(9-11-1-5-13(6-2-11)21(25)26)19-18(24)16(20-17)10-12-3-7-14(8-4-12)22(27)28/h1-8,15-16H,9-10H2,(H,19,24)(H,20,23). The van der Waals surface area contributed by atoms with Gasteiger partial charge in [-0.25, -0.2) is 0 Å². The molecular weight excluding hydrogens is 368 g/mol. The van der Waals surface area contributed by atoms with Crippen molar-refractivity contribution in [3.8, 4) is 0 Å². The van der Waals surface area contributed by atoms with Crippen LogP contribution in [0.4, 0.5) is 11.4 Å². The van der Waals surface area contributed by atoms with Crippen molar-refractivity contribution < 1.29 is 19.4 Å². The van der Waals surface area contributed by atoms with Crippen molar-refractivity contribution in [3.63, 3.8) is 0 Å². The van der Waals surface area contributed by atoms with Crippen LogP contribution in [-0.4, -0.2) is 33.7 Å². The second kappa shape index (κ2) is 7.82. The molecule has 1 fully saturated rings. The monoisotopic (exact) mass is 384 g/mol. The molecule has 1 aliphatic heterocycles. The number of carbonyl (C=O) groups is 2. The summed E-state index contributed by atoms with van der Waals surface area (Å²) in [6.45, 7) is 0. The molecule has 3 rings (SSSR count). The predicted octanol–water partition coefficient (Wildman–Crippen LogP) is 1.27. The average Bonchev–Trinajstić information content (AvgIpc) is 2.66. The van der Waals surface area contributed by atoms with Crippen LogP contribution in [0.25, 0.3) is 0 Å². The number of piperazine rings is 1. The third-order valence-corrected chi connectivity index (χ3v) is 4.44. The number of non-ortho nitro benzene ring substituents is 2. The van der Waals surface area contributed by atoms with E-state index in [0.717, 1.165) is 0 Å². The van der Waals surface area contributed by atoms with Crippen LogP contribution in [0.3, 0.4) is 0 Å². The first-order chi connectivity index (χ1) is 13.3. The van der Waals surface area contributed by atoms with Crippen LogP contribution in [0.1, 0.15) is 11.1 Å². The zero-order valence-electron chi connectivity index (χ0n) is 14.5. The molecule has 10 heteroatoms. The third-order valence-electron chi connectivity index (χ3n) is 4.44. The largest absolute Gasteiger partial charge is 0.342 e. The molecule has 0 aromatic heterocycles. The lowest BCUT2D eigenvalue weighted by Crippen LogP contribution is -2.62. The van der Waals surface area contributed by atoms with Gasteiger partial charge in [0.05, 0.1) is 9.85 Å². The first kappa shape index (κ1) is 19.0. The summed E-state index contributed by atoms with van der Waals surface area (Å²) in [5.74, 6) is -0.713. The molecule has 1 aliphatic rings. The summed E-state index contributed by atoms with van der Waals surface area (Å²) in [5.41, 5.74) is 1.26. The average molecular weight is 384 g/mol. The van der Waals surface area contributed by atoms with Crippen molar-refractivity contribution in [1.29, 1.82) is 0 Å². The number of nitro benzene ring substituents is 2. The van der Waals surface area contributed by atoms with Crippen LogP contribution in [0.2, 0.25) is 0 Å². The number of rotatable bonds is 6. The quantitative estimate of drug-likeness (QED) is 0.567. The minimum Gasteiger partial charge on any atom is -0.342 e. The molecule has 0 spiro atoms. The highest BCUT2D eigenvalue weighted by atomic mass is 16.6. The van der Waals surface area contributed by atoms with Gasteiger partial charge in [0.1, 0.15) is 12.1 Å². The molecule has 2 N–H and O–H groups in total. The van der Waals surface area contributed by atoms with Crippen LogP contribution in [-0.2, 0) is 22.4 Å². The SMILES string of the molecule is O=C1NC(Cc2ccc([N+](=O)[O-])cc2)C(=O)NC1Cc1ccc([N+](=O)[O-])cc1. The number of hydrogen-bond acceptors (Lipinski definition) is 6. The van der Waals surface area contributed by atoms with E-state index < -0.39 is 21.9 Å². The molecular formula is C18H16N4O6. The molecule has 2 unspecified atom stereocenters. The molecule has 2 amide bonds. The maximum Gasteiger partial charge on any atom is 0.269 e. The maximum absolute atomic E-state index is 12.3. The van der Waals surface area contributed by atoms with Crippen LogP contribution in [0.15, 0.2) is 48.5 Å². The van der Waals surface area contributed by atoms with E-state index in [9.17, 15) is 29.8 Å². The number of amides is 2. The maximum atomic E-state index is 12.3. The summed E-state index contributed by atoms with van der Waals surface area (Å²) < 4.78 is 0. The molecule has 1 heterocycles. The number of benzene rings is 2. The van der Waals surface area contributed by atoms with E-state index in [-0.39, 0.29) is 36.0 Å². The van der Waals surface area contributed by atoms with E-state index in [2.05, 4.69) is 10.6 Å². The predicted molar refractivity (Wildman–Crippen MR) is 97.5 cm³/mol. The molecule has 28 heavy (non-hydrogen) atoms. The molecule has 2 atom stereocenters. The number of carbonyl (C=O) groups excluding carboxylic acids is 2. The number of nitrogens with zero attached hydrogens (tertiary/aromatic N) is 2. The Morgan fingerprint density at radius 1 is 0.679 bits per heavy atom. The van der Waals surface area contributed by atoms with Crippen molar-refractivity contribution in [1.82, 2.24) is 10.6 Å². The Morgan fingerprint density at radius 3 is 1.29 bits per heavy atom. The van der Waals surface area contributed by atoms with E-state index >= 15 is 0 Å².